The summed E-state index contributed by atoms with van der Waals surface area (Å²) in [5.74, 6) is -0.170. The number of nitrogens with zero attached hydrogens (tertiary/aromatic N) is 1. The second kappa shape index (κ2) is 5.81. The quantitative estimate of drug-likeness (QED) is 0.528. The summed E-state index contributed by atoms with van der Waals surface area (Å²) >= 11 is 8.51. The Hall–Kier alpha value is -1.14. The van der Waals surface area contributed by atoms with Crippen LogP contribution in [0.5, 0.6) is 0 Å². The van der Waals surface area contributed by atoms with E-state index in [-0.39, 0.29) is 29.6 Å². The molecule has 0 bridgehead atoms. The Balaban J connectivity index is 2.95. The third-order valence-corrected chi connectivity index (χ3v) is 2.43. The van der Waals surface area contributed by atoms with Gasteiger partial charge in [-0.1, -0.05) is 15.9 Å². The van der Waals surface area contributed by atoms with Gasteiger partial charge < -0.3 is 5.32 Å². The number of amides is 1. The first-order chi connectivity index (χ1) is 7.54. The Morgan fingerprint density at radius 1 is 1.56 bits per heavy atom. The monoisotopic (exact) mass is 306 g/mol. The number of halogens is 2. The zero-order valence-electron chi connectivity index (χ0n) is 8.07. The summed E-state index contributed by atoms with van der Waals surface area (Å²) in [5, 5.41) is 13.2. The van der Waals surface area contributed by atoms with Gasteiger partial charge in [0.05, 0.1) is 4.92 Å². The van der Waals surface area contributed by atoms with E-state index in [9.17, 15) is 14.9 Å². The van der Waals surface area contributed by atoms with Crippen LogP contribution in [0.2, 0.25) is 0 Å². The molecule has 5 nitrogen and oxygen atoms in total. The molecule has 1 aromatic carbocycles. The number of rotatable bonds is 4. The van der Waals surface area contributed by atoms with Gasteiger partial charge in [0.2, 0.25) is 5.91 Å². The van der Waals surface area contributed by atoms with Crippen molar-refractivity contribution >= 4 is 44.8 Å². The molecule has 0 heterocycles. The Labute approximate surface area is 105 Å². The van der Waals surface area contributed by atoms with Crippen molar-refractivity contribution in [3.63, 3.8) is 0 Å². The van der Waals surface area contributed by atoms with E-state index >= 15 is 0 Å². The molecule has 0 unspecified atom stereocenters. The van der Waals surface area contributed by atoms with Crippen molar-refractivity contribution in [3.05, 3.63) is 32.8 Å². The molecule has 0 saturated carbocycles. The van der Waals surface area contributed by atoms with E-state index < -0.39 is 4.92 Å². The van der Waals surface area contributed by atoms with Crippen LogP contribution in [0.15, 0.2) is 22.7 Å². The van der Waals surface area contributed by atoms with Crippen molar-refractivity contribution in [1.29, 1.82) is 0 Å². The van der Waals surface area contributed by atoms with Crippen LogP contribution in [0.25, 0.3) is 0 Å². The number of nitro benzene ring substituents is 1. The van der Waals surface area contributed by atoms with Gasteiger partial charge in [-0.2, -0.15) is 0 Å². The standard InChI is InChI=1S/C9H8BrClN2O3/c10-6-1-2-7(8(5-6)13(15)16)12-9(14)3-4-11/h1-2,5H,3-4H2,(H,12,14). The number of carbonyl (C=O) groups is 1. The van der Waals surface area contributed by atoms with E-state index in [0.29, 0.717) is 4.47 Å². The first kappa shape index (κ1) is 12.9. The molecule has 1 aromatic rings. The van der Waals surface area contributed by atoms with Crippen LogP contribution in [0.1, 0.15) is 6.42 Å². The topological polar surface area (TPSA) is 72.2 Å². The largest absolute Gasteiger partial charge is 0.320 e. The minimum atomic E-state index is -0.554. The number of anilines is 1. The highest BCUT2D eigenvalue weighted by molar-refractivity contribution is 9.10. The fourth-order valence-corrected chi connectivity index (χ4v) is 1.58. The second-order valence-corrected chi connectivity index (χ2v) is 4.20. The number of nitrogens with one attached hydrogen (secondary N) is 1. The van der Waals surface area contributed by atoms with Crippen molar-refractivity contribution in [2.75, 3.05) is 11.2 Å². The molecule has 7 heteroatoms. The van der Waals surface area contributed by atoms with Crippen LogP contribution in [0, 0.1) is 10.1 Å². The van der Waals surface area contributed by atoms with Crippen LogP contribution in [-0.4, -0.2) is 16.7 Å². The van der Waals surface area contributed by atoms with Crippen molar-refractivity contribution in [3.8, 4) is 0 Å². The predicted octanol–water partition coefficient (Wildman–Crippen LogP) is 2.92. The van der Waals surface area contributed by atoms with E-state index in [2.05, 4.69) is 21.2 Å². The minimum Gasteiger partial charge on any atom is -0.320 e. The molecule has 1 rings (SSSR count). The second-order valence-electron chi connectivity index (χ2n) is 2.91. The van der Waals surface area contributed by atoms with Crippen LogP contribution in [-0.2, 0) is 4.79 Å². The maximum atomic E-state index is 11.2. The Morgan fingerprint density at radius 2 is 2.25 bits per heavy atom. The molecule has 0 saturated heterocycles. The molecule has 0 fully saturated rings. The molecule has 0 radical (unpaired) electrons. The van der Waals surface area contributed by atoms with E-state index in [1.807, 2.05) is 0 Å². The molecule has 0 aromatic heterocycles. The number of alkyl halides is 1. The Kier molecular flexibility index (Phi) is 4.70. The number of carbonyl (C=O) groups excluding carboxylic acids is 1. The van der Waals surface area contributed by atoms with E-state index in [1.165, 1.54) is 12.1 Å². The van der Waals surface area contributed by atoms with Gasteiger partial charge >= 0.3 is 0 Å². The van der Waals surface area contributed by atoms with Crippen molar-refractivity contribution < 1.29 is 9.72 Å². The van der Waals surface area contributed by atoms with Gasteiger partial charge in [0.1, 0.15) is 5.69 Å². The number of benzene rings is 1. The van der Waals surface area contributed by atoms with Gasteiger partial charge in [-0.3, -0.25) is 14.9 Å². The van der Waals surface area contributed by atoms with Crippen molar-refractivity contribution in [2.24, 2.45) is 0 Å². The summed E-state index contributed by atoms with van der Waals surface area (Å²) in [7, 11) is 0. The lowest BCUT2D eigenvalue weighted by atomic mass is 10.2. The van der Waals surface area contributed by atoms with E-state index in [0.717, 1.165) is 0 Å². The first-order valence-corrected chi connectivity index (χ1v) is 5.67. The molecule has 1 N–H and O–H groups in total. The average Bonchev–Trinajstić information content (AvgIpc) is 2.20. The highest BCUT2D eigenvalue weighted by Gasteiger charge is 2.15. The van der Waals surface area contributed by atoms with Gasteiger partial charge in [0.25, 0.3) is 5.69 Å². The molecular formula is C9H8BrClN2O3. The zero-order valence-corrected chi connectivity index (χ0v) is 10.4. The summed E-state index contributed by atoms with van der Waals surface area (Å²) in [6.45, 7) is 0. The molecule has 86 valence electrons. The molecule has 0 aliphatic rings. The van der Waals surface area contributed by atoms with Gasteiger partial charge in [-0.25, -0.2) is 0 Å². The molecule has 16 heavy (non-hydrogen) atoms. The minimum absolute atomic E-state index is 0.120. The molecule has 1 amide bonds. The zero-order chi connectivity index (χ0) is 12.1. The number of hydrogen-bond acceptors (Lipinski definition) is 3. The molecule has 0 aliphatic carbocycles. The summed E-state index contributed by atoms with van der Waals surface area (Å²) in [6, 6.07) is 4.41. The first-order valence-electron chi connectivity index (χ1n) is 4.34. The summed E-state index contributed by atoms with van der Waals surface area (Å²) in [4.78, 5) is 21.4. The number of hydrogen-bond donors (Lipinski definition) is 1. The lowest BCUT2D eigenvalue weighted by molar-refractivity contribution is -0.384. The number of nitro groups is 1. The highest BCUT2D eigenvalue weighted by atomic mass is 79.9. The van der Waals surface area contributed by atoms with Gasteiger partial charge in [-0.05, 0) is 12.1 Å². The summed E-state index contributed by atoms with van der Waals surface area (Å²) < 4.78 is 0.578. The van der Waals surface area contributed by atoms with Gasteiger partial charge in [0.15, 0.2) is 0 Å². The van der Waals surface area contributed by atoms with Crippen LogP contribution < -0.4 is 5.32 Å². The molecular weight excluding hydrogens is 299 g/mol. The van der Waals surface area contributed by atoms with Crippen LogP contribution >= 0.6 is 27.5 Å². The van der Waals surface area contributed by atoms with Crippen molar-refractivity contribution in [2.45, 2.75) is 6.42 Å². The maximum Gasteiger partial charge on any atom is 0.293 e. The summed E-state index contributed by atoms with van der Waals surface area (Å²) in [6.07, 6.45) is 0.120. The molecule has 0 atom stereocenters. The Bertz CT molecular complexity index is 425. The SMILES string of the molecule is O=C(CCCl)Nc1ccc(Br)cc1[N+](=O)[O-]. The third kappa shape index (κ3) is 3.46. The van der Waals surface area contributed by atoms with Crippen LogP contribution in [0.4, 0.5) is 11.4 Å². The fraction of sp³-hybridized carbons (Fsp3) is 0.222. The fourth-order valence-electron chi connectivity index (χ4n) is 1.06. The lowest BCUT2D eigenvalue weighted by Gasteiger charge is -2.05. The third-order valence-electron chi connectivity index (χ3n) is 1.75. The highest BCUT2D eigenvalue weighted by Crippen LogP contribution is 2.27. The maximum absolute atomic E-state index is 11.2. The average molecular weight is 308 g/mol. The van der Waals surface area contributed by atoms with E-state index in [1.54, 1.807) is 6.07 Å². The lowest BCUT2D eigenvalue weighted by Crippen LogP contribution is -2.12. The normalized spacial score (nSPS) is 9.88. The molecule has 0 aliphatic heterocycles. The van der Waals surface area contributed by atoms with Crippen molar-refractivity contribution in [1.82, 2.24) is 0 Å². The van der Waals surface area contributed by atoms with Gasteiger partial charge in [-0.15, -0.1) is 11.6 Å². The smallest absolute Gasteiger partial charge is 0.293 e. The van der Waals surface area contributed by atoms with E-state index in [4.69, 9.17) is 11.6 Å². The summed E-state index contributed by atoms with van der Waals surface area (Å²) in [5.41, 5.74) is 0.0145. The Morgan fingerprint density at radius 3 is 2.81 bits per heavy atom. The van der Waals surface area contributed by atoms with Gasteiger partial charge in [0, 0.05) is 22.8 Å². The molecule has 0 spiro atoms. The van der Waals surface area contributed by atoms with Crippen LogP contribution in [0.3, 0.4) is 0 Å². The predicted molar refractivity (Wildman–Crippen MR) is 64.8 cm³/mol.